The number of ketones is 2. The number of hydrogen-bond donors (Lipinski definition) is 7. The second-order valence-corrected chi connectivity index (χ2v) is 20.6. The number of amides is 4. The molecule has 0 heterocycles. The summed E-state index contributed by atoms with van der Waals surface area (Å²) in [5.74, 6) is -4.99. The van der Waals surface area contributed by atoms with Crippen LogP contribution in [0.2, 0.25) is 0 Å². The van der Waals surface area contributed by atoms with Crippen molar-refractivity contribution >= 4 is 69.0 Å². The smallest absolute Gasteiger partial charge is 0.326 e. The number of carboxylic acid groups (broad SMARTS) is 3. The Labute approximate surface area is 460 Å². The molecule has 1 aliphatic rings. The van der Waals surface area contributed by atoms with E-state index in [-0.39, 0.29) is 132 Å². The number of ether oxygens (including phenoxy) is 4. The molecule has 0 aromatic carbocycles. The fraction of sp³-hybridized carbons (Fsp3) is 0.836. The lowest BCUT2D eigenvalue weighted by Crippen LogP contribution is -2.42. The minimum absolute atomic E-state index is 0.0373. The van der Waals surface area contributed by atoms with Crippen LogP contribution in [0.3, 0.4) is 0 Å². The summed E-state index contributed by atoms with van der Waals surface area (Å²) in [7, 11) is 0. The van der Waals surface area contributed by atoms with E-state index in [2.05, 4.69) is 37.2 Å². The van der Waals surface area contributed by atoms with Gasteiger partial charge in [0.1, 0.15) is 25.0 Å². The second-order valence-electron chi connectivity index (χ2n) is 20.1. The van der Waals surface area contributed by atoms with Gasteiger partial charge >= 0.3 is 17.9 Å². The molecule has 1 aliphatic carbocycles. The third kappa shape index (κ3) is 42.0. The van der Waals surface area contributed by atoms with E-state index in [0.29, 0.717) is 64.1 Å². The summed E-state index contributed by atoms with van der Waals surface area (Å²) < 4.78 is 21.5. The van der Waals surface area contributed by atoms with Crippen LogP contribution in [0.4, 0.5) is 0 Å². The number of hydrogen-bond acceptors (Lipinski definition) is 13. The van der Waals surface area contributed by atoms with Crippen LogP contribution < -0.4 is 21.3 Å². The van der Waals surface area contributed by atoms with Gasteiger partial charge in [-0.25, -0.2) is 4.79 Å². The summed E-state index contributed by atoms with van der Waals surface area (Å²) in [6.45, 7) is 1.94. The molecule has 0 spiro atoms. The third-order valence-corrected chi connectivity index (χ3v) is 14.0. The van der Waals surface area contributed by atoms with Crippen molar-refractivity contribution in [1.82, 2.24) is 21.3 Å². The van der Waals surface area contributed by atoms with Crippen molar-refractivity contribution in [3.05, 3.63) is 0 Å². The van der Waals surface area contributed by atoms with Crippen molar-refractivity contribution in [2.24, 2.45) is 17.8 Å². The molecule has 1 saturated carbocycles. The monoisotopic (exact) mass is 1150 g/mol. The van der Waals surface area contributed by atoms with Crippen molar-refractivity contribution in [3.63, 3.8) is 0 Å². The molecule has 0 radical (unpaired) electrons. The van der Waals surface area contributed by atoms with Gasteiger partial charge in [0.05, 0.1) is 44.3 Å². The molecule has 0 aliphatic heterocycles. The Hall–Kier alpha value is -4.05. The van der Waals surface area contributed by atoms with Gasteiger partial charge in [0, 0.05) is 64.3 Å². The molecule has 21 heteroatoms. The summed E-state index contributed by atoms with van der Waals surface area (Å²) >= 11 is 3.04. The number of halogens is 1. The van der Waals surface area contributed by atoms with Crippen LogP contribution in [-0.2, 0) is 62.1 Å². The summed E-state index contributed by atoms with van der Waals surface area (Å²) in [6.07, 6.45) is 24.3. The van der Waals surface area contributed by atoms with Gasteiger partial charge in [-0.15, -0.1) is 0 Å². The molecule has 2 unspecified atom stereocenters. The Morgan fingerprint density at radius 1 is 0.461 bits per heavy atom. The Bertz CT molecular complexity index is 1630. The number of carboxylic acids is 3. The van der Waals surface area contributed by atoms with Gasteiger partial charge in [-0.2, -0.15) is 0 Å². The fourth-order valence-corrected chi connectivity index (χ4v) is 9.12. The first-order valence-corrected chi connectivity index (χ1v) is 29.5. The number of nitrogens with one attached hydrogen (secondary N) is 4. The van der Waals surface area contributed by atoms with Crippen LogP contribution in [0.15, 0.2) is 0 Å². The molecule has 1 fully saturated rings. The van der Waals surface area contributed by atoms with E-state index < -0.39 is 35.8 Å². The molecule has 2 atom stereocenters. The van der Waals surface area contributed by atoms with Crippen LogP contribution in [0.1, 0.15) is 193 Å². The highest BCUT2D eigenvalue weighted by Gasteiger charge is 2.30. The lowest BCUT2D eigenvalue weighted by Gasteiger charge is -2.28. The van der Waals surface area contributed by atoms with E-state index in [9.17, 15) is 53.4 Å². The Balaban J connectivity index is 2.00. The normalized spacial score (nSPS) is 15.1. The van der Waals surface area contributed by atoms with Crippen molar-refractivity contribution in [3.8, 4) is 0 Å². The number of Topliss-reactive ketones (excluding diaryl/α,β-unsaturated/α-hetero) is 2. The van der Waals surface area contributed by atoms with Crippen LogP contribution in [-0.4, -0.2) is 152 Å². The number of unbranched alkanes of at least 4 members (excludes halogenated alkanes) is 16. The second kappa shape index (κ2) is 48.1. The molecular weight excluding hydrogens is 1050 g/mol. The van der Waals surface area contributed by atoms with Crippen LogP contribution in [0.25, 0.3) is 0 Å². The van der Waals surface area contributed by atoms with E-state index in [0.717, 1.165) is 51.4 Å². The van der Waals surface area contributed by atoms with Gasteiger partial charge in [-0.3, -0.25) is 38.4 Å². The molecule has 7 N–H and O–H groups in total. The maximum Gasteiger partial charge on any atom is 0.326 e. The molecular formula is C55H95BrN4O16. The maximum atomic E-state index is 13.1. The van der Waals surface area contributed by atoms with Gasteiger partial charge < -0.3 is 55.5 Å². The molecule has 0 bridgehead atoms. The maximum absolute atomic E-state index is 13.1. The highest BCUT2D eigenvalue weighted by Crippen LogP contribution is 2.31. The Morgan fingerprint density at radius 3 is 1.55 bits per heavy atom. The van der Waals surface area contributed by atoms with E-state index in [1.165, 1.54) is 64.2 Å². The predicted octanol–water partition coefficient (Wildman–Crippen LogP) is 7.24. The fourth-order valence-electron chi connectivity index (χ4n) is 8.93. The van der Waals surface area contributed by atoms with Crippen molar-refractivity contribution in [2.45, 2.75) is 199 Å². The van der Waals surface area contributed by atoms with Gasteiger partial charge in [0.25, 0.3) is 0 Å². The average Bonchev–Trinajstić information content (AvgIpc) is 3.39. The summed E-state index contributed by atoms with van der Waals surface area (Å²) in [5, 5.41) is 38.9. The number of alkyl halides is 1. The standard InChI is InChI=1S/C55H95BrN4O16/c56-39-51(65)57-30-18-17-21-47(55(71)72)60-52(66)42-76-37-34-73-32-19-20-46(61)41-75-36-35-74-33-31-58-50(64)29-28-45(54(69)70)38-48(62)44-26-24-43(25-27-44)40-59-49(63)22-15-13-11-9-7-5-3-1-2-4-6-8-10-12-14-16-23-53(67)68/h43-45,47H,1-42H2,(H,57,65)(H,58,64)(H,59,63)(H,60,66)(H,67,68)(H,69,70)(H,71,72). The largest absolute Gasteiger partial charge is 0.481 e. The van der Waals surface area contributed by atoms with E-state index in [1.54, 1.807) is 0 Å². The van der Waals surface area contributed by atoms with Crippen molar-refractivity contribution in [2.75, 3.05) is 77.8 Å². The molecule has 1 rings (SSSR count). The Morgan fingerprint density at radius 2 is 0.987 bits per heavy atom. The predicted molar refractivity (Wildman–Crippen MR) is 290 cm³/mol. The number of carbonyl (C=O) groups excluding carboxylic acids is 6. The zero-order chi connectivity index (χ0) is 55.9. The van der Waals surface area contributed by atoms with Gasteiger partial charge in [0.15, 0.2) is 5.78 Å². The zero-order valence-corrected chi connectivity index (χ0v) is 47.1. The molecule has 0 aromatic rings. The van der Waals surface area contributed by atoms with E-state index >= 15 is 0 Å². The lowest BCUT2D eigenvalue weighted by atomic mass is 9.78. The zero-order valence-electron chi connectivity index (χ0n) is 45.5. The van der Waals surface area contributed by atoms with Crippen LogP contribution in [0.5, 0.6) is 0 Å². The Kier molecular flexibility index (Phi) is 44.3. The van der Waals surface area contributed by atoms with Crippen LogP contribution >= 0.6 is 15.9 Å². The van der Waals surface area contributed by atoms with Gasteiger partial charge in [0.2, 0.25) is 23.6 Å². The molecule has 0 saturated heterocycles. The molecule has 76 heavy (non-hydrogen) atoms. The molecule has 438 valence electrons. The molecule has 0 aromatic heterocycles. The van der Waals surface area contributed by atoms with Crippen LogP contribution in [0, 0.1) is 17.8 Å². The first kappa shape index (κ1) is 70.0. The van der Waals surface area contributed by atoms with E-state index in [1.807, 2.05) is 0 Å². The van der Waals surface area contributed by atoms with Gasteiger partial charge in [-0.1, -0.05) is 106 Å². The summed E-state index contributed by atoms with van der Waals surface area (Å²) in [4.78, 5) is 107. The van der Waals surface area contributed by atoms with E-state index in [4.69, 9.17) is 24.1 Å². The first-order valence-electron chi connectivity index (χ1n) is 28.4. The lowest BCUT2D eigenvalue weighted by molar-refractivity contribution is -0.145. The van der Waals surface area contributed by atoms with Crippen molar-refractivity contribution < 1.29 is 77.4 Å². The van der Waals surface area contributed by atoms with Crippen molar-refractivity contribution in [1.29, 1.82) is 0 Å². The number of carbonyl (C=O) groups is 9. The summed E-state index contributed by atoms with van der Waals surface area (Å²) in [6, 6.07) is -1.06. The topological polar surface area (TPSA) is 299 Å². The number of rotatable bonds is 53. The molecule has 20 nitrogen and oxygen atoms in total. The third-order valence-electron chi connectivity index (χ3n) is 13.5. The minimum atomic E-state index is -1.15. The average molecular weight is 1150 g/mol. The molecule has 4 amide bonds. The highest BCUT2D eigenvalue weighted by atomic mass is 79.9. The minimum Gasteiger partial charge on any atom is -0.481 e. The first-order chi connectivity index (χ1) is 36.7. The number of aliphatic carboxylic acids is 3. The quantitative estimate of drug-likeness (QED) is 0.0233. The summed E-state index contributed by atoms with van der Waals surface area (Å²) in [5.41, 5.74) is 0. The SMILES string of the molecule is O=C(O)CCCCCCCCCCCCCCCCCCC(=O)NCC1CCC(C(=O)CC(CCC(=O)NCCOCCOCC(=O)CCCOCCOCC(=O)NC(CCCCNC(=O)CBr)C(=O)O)C(=O)O)CC1. The van der Waals surface area contributed by atoms with Gasteiger partial charge in [-0.05, 0) is 76.5 Å². The highest BCUT2D eigenvalue weighted by molar-refractivity contribution is 9.09.